The number of fused-ring (bicyclic) bond motifs is 2. The molecule has 2 aliphatic heterocycles. The van der Waals surface area contributed by atoms with Gasteiger partial charge in [0.1, 0.15) is 11.7 Å². The first-order valence-electron chi connectivity index (χ1n) is 9.34. The number of para-hydroxylation sites is 1. The van der Waals surface area contributed by atoms with Crippen LogP contribution in [0.15, 0.2) is 66.7 Å². The first-order valence-corrected chi connectivity index (χ1v) is 9.34. The first-order chi connectivity index (χ1) is 12.9. The minimum atomic E-state index is -0.663. The molecule has 0 saturated carbocycles. The Bertz CT molecular complexity index is 878. The highest BCUT2D eigenvalue weighted by Gasteiger charge is 2.63. The van der Waals surface area contributed by atoms with Gasteiger partial charge in [0, 0.05) is 5.69 Å². The Labute approximate surface area is 160 Å². The third-order valence-corrected chi connectivity index (χ3v) is 5.67. The molecule has 1 fully saturated rings. The summed E-state index contributed by atoms with van der Waals surface area (Å²) in [6, 6.07) is 17.6. The predicted molar refractivity (Wildman–Crippen MR) is 105 cm³/mol. The van der Waals surface area contributed by atoms with Crippen LogP contribution >= 0.6 is 0 Å². The van der Waals surface area contributed by atoms with Crippen LogP contribution in [0.5, 0.6) is 0 Å². The molecule has 1 amide bonds. The van der Waals surface area contributed by atoms with Gasteiger partial charge in [-0.1, -0.05) is 54.6 Å². The molecular weight excluding hydrogens is 338 g/mol. The van der Waals surface area contributed by atoms with Crippen LogP contribution in [0.1, 0.15) is 25.0 Å². The van der Waals surface area contributed by atoms with Gasteiger partial charge in [0.15, 0.2) is 0 Å². The van der Waals surface area contributed by atoms with Gasteiger partial charge in [0.2, 0.25) is 5.91 Å². The van der Waals surface area contributed by atoms with Crippen molar-refractivity contribution in [3.8, 4) is 0 Å². The maximum atomic E-state index is 13.1. The molecule has 0 aliphatic carbocycles. The van der Waals surface area contributed by atoms with Gasteiger partial charge < -0.3 is 14.8 Å². The molecule has 0 spiro atoms. The number of aryl methyl sites for hydroxylation is 1. The Kier molecular flexibility index (Phi) is 4.41. The number of hydrogen-bond donors (Lipinski definition) is 1. The SMILES string of the molecule is Cc1ccccc1COC1C(C(=O)Nc2ccccc2)[C@@]2(C)C=C[C@]1(C)O2. The lowest BCUT2D eigenvalue weighted by Crippen LogP contribution is -2.47. The molecule has 140 valence electrons. The molecule has 27 heavy (non-hydrogen) atoms. The summed E-state index contributed by atoms with van der Waals surface area (Å²) in [6.45, 7) is 6.47. The number of hydrogen-bond acceptors (Lipinski definition) is 3. The van der Waals surface area contributed by atoms with Gasteiger partial charge in [-0.15, -0.1) is 0 Å². The molecule has 1 N–H and O–H groups in total. The number of ether oxygens (including phenoxy) is 2. The van der Waals surface area contributed by atoms with E-state index in [9.17, 15) is 4.79 Å². The Hall–Kier alpha value is -2.43. The van der Waals surface area contributed by atoms with E-state index < -0.39 is 17.1 Å². The van der Waals surface area contributed by atoms with Crippen LogP contribution in [0.3, 0.4) is 0 Å². The summed E-state index contributed by atoms with van der Waals surface area (Å²) < 4.78 is 12.6. The van der Waals surface area contributed by atoms with E-state index in [2.05, 4.69) is 24.4 Å². The molecule has 2 unspecified atom stereocenters. The minimum absolute atomic E-state index is 0.0773. The molecule has 2 aromatic carbocycles. The molecular formula is C23H25NO3. The highest BCUT2D eigenvalue weighted by atomic mass is 16.6. The lowest BCUT2D eigenvalue weighted by Gasteiger charge is -2.32. The van der Waals surface area contributed by atoms with Crippen LogP contribution < -0.4 is 5.32 Å². The van der Waals surface area contributed by atoms with Crippen molar-refractivity contribution in [3.05, 3.63) is 77.9 Å². The molecule has 2 aliphatic rings. The zero-order valence-corrected chi connectivity index (χ0v) is 15.9. The summed E-state index contributed by atoms with van der Waals surface area (Å²) in [7, 11) is 0. The molecule has 4 rings (SSSR count). The molecule has 2 bridgehead atoms. The quantitative estimate of drug-likeness (QED) is 0.808. The van der Waals surface area contributed by atoms with Crippen LogP contribution in [-0.2, 0) is 20.9 Å². The molecule has 0 aromatic heterocycles. The van der Waals surface area contributed by atoms with Crippen molar-refractivity contribution >= 4 is 11.6 Å². The number of carbonyl (C=O) groups excluding carboxylic acids is 1. The maximum Gasteiger partial charge on any atom is 0.233 e. The van der Waals surface area contributed by atoms with Crippen molar-refractivity contribution in [2.24, 2.45) is 5.92 Å². The van der Waals surface area contributed by atoms with Gasteiger partial charge in [-0.2, -0.15) is 0 Å². The largest absolute Gasteiger partial charge is 0.369 e. The monoisotopic (exact) mass is 363 g/mol. The van der Waals surface area contributed by atoms with Gasteiger partial charge in [0.05, 0.1) is 18.1 Å². The molecule has 2 heterocycles. The summed E-state index contributed by atoms with van der Waals surface area (Å²) in [5.41, 5.74) is 1.82. The fraction of sp³-hybridized carbons (Fsp3) is 0.348. The van der Waals surface area contributed by atoms with Crippen molar-refractivity contribution in [2.45, 2.75) is 44.7 Å². The number of amides is 1. The van der Waals surface area contributed by atoms with Crippen LogP contribution in [0, 0.1) is 12.8 Å². The summed E-state index contributed by atoms with van der Waals surface area (Å²) in [5.74, 6) is -0.497. The summed E-state index contributed by atoms with van der Waals surface area (Å²) in [5, 5.41) is 3.02. The maximum absolute atomic E-state index is 13.1. The average Bonchev–Trinajstić information content (AvgIpc) is 3.08. The van der Waals surface area contributed by atoms with Crippen molar-refractivity contribution in [1.82, 2.24) is 0 Å². The number of carbonyl (C=O) groups is 1. The third kappa shape index (κ3) is 3.20. The van der Waals surface area contributed by atoms with E-state index in [0.29, 0.717) is 6.61 Å². The standard InChI is InChI=1S/C23H25NO3/c1-16-9-7-8-10-17(16)15-26-20-19(22(2)13-14-23(20,3)27-22)21(25)24-18-11-5-4-6-12-18/h4-14,19-20H,15H2,1-3H3,(H,24,25)/t19?,20?,22-,23+/m1/s1. The topological polar surface area (TPSA) is 47.6 Å². The van der Waals surface area contributed by atoms with Crippen molar-refractivity contribution in [1.29, 1.82) is 0 Å². The van der Waals surface area contributed by atoms with E-state index in [0.717, 1.165) is 11.3 Å². The molecule has 0 radical (unpaired) electrons. The average molecular weight is 363 g/mol. The van der Waals surface area contributed by atoms with E-state index >= 15 is 0 Å². The van der Waals surface area contributed by atoms with E-state index in [1.54, 1.807) is 0 Å². The Morgan fingerprint density at radius 2 is 1.70 bits per heavy atom. The third-order valence-electron chi connectivity index (χ3n) is 5.67. The van der Waals surface area contributed by atoms with E-state index in [1.807, 2.05) is 68.5 Å². The summed E-state index contributed by atoms with van der Waals surface area (Å²) in [4.78, 5) is 13.1. The van der Waals surface area contributed by atoms with Crippen LogP contribution in [0.2, 0.25) is 0 Å². The zero-order valence-electron chi connectivity index (χ0n) is 15.9. The van der Waals surface area contributed by atoms with Gasteiger partial charge in [-0.25, -0.2) is 0 Å². The van der Waals surface area contributed by atoms with Crippen molar-refractivity contribution in [2.75, 3.05) is 5.32 Å². The highest BCUT2D eigenvalue weighted by Crippen LogP contribution is 2.51. The zero-order chi connectivity index (χ0) is 19.1. The van der Waals surface area contributed by atoms with Gasteiger partial charge >= 0.3 is 0 Å². The number of rotatable bonds is 5. The van der Waals surface area contributed by atoms with Crippen LogP contribution in [-0.4, -0.2) is 23.2 Å². The Balaban J connectivity index is 1.57. The second-order valence-electron chi connectivity index (χ2n) is 7.79. The molecule has 1 saturated heterocycles. The minimum Gasteiger partial charge on any atom is -0.369 e. The molecule has 4 heteroatoms. The lowest BCUT2D eigenvalue weighted by molar-refractivity contribution is -0.127. The lowest BCUT2D eigenvalue weighted by atomic mass is 9.77. The molecule has 2 aromatic rings. The summed E-state index contributed by atoms with van der Waals surface area (Å²) >= 11 is 0. The smallest absolute Gasteiger partial charge is 0.233 e. The van der Waals surface area contributed by atoms with Gasteiger partial charge in [-0.05, 0) is 44.0 Å². The van der Waals surface area contributed by atoms with Gasteiger partial charge in [0.25, 0.3) is 0 Å². The van der Waals surface area contributed by atoms with Crippen molar-refractivity contribution in [3.63, 3.8) is 0 Å². The Morgan fingerprint density at radius 1 is 1.04 bits per heavy atom. The molecule has 4 nitrogen and oxygen atoms in total. The number of anilines is 1. The number of benzene rings is 2. The first kappa shape index (κ1) is 18.0. The normalized spacial score (nSPS) is 31.2. The fourth-order valence-corrected chi connectivity index (χ4v) is 4.18. The second kappa shape index (κ2) is 6.63. The van der Waals surface area contributed by atoms with E-state index in [4.69, 9.17) is 9.47 Å². The number of nitrogens with one attached hydrogen (secondary N) is 1. The second-order valence-corrected chi connectivity index (χ2v) is 7.79. The van der Waals surface area contributed by atoms with Crippen LogP contribution in [0.25, 0.3) is 0 Å². The predicted octanol–water partition coefficient (Wildman–Crippen LogP) is 4.25. The fourth-order valence-electron chi connectivity index (χ4n) is 4.18. The van der Waals surface area contributed by atoms with Crippen molar-refractivity contribution < 1.29 is 14.3 Å². The highest BCUT2D eigenvalue weighted by molar-refractivity contribution is 5.94. The summed E-state index contributed by atoms with van der Waals surface area (Å²) in [6.07, 6.45) is 3.67. The Morgan fingerprint density at radius 3 is 2.44 bits per heavy atom. The van der Waals surface area contributed by atoms with E-state index in [-0.39, 0.29) is 12.0 Å². The van der Waals surface area contributed by atoms with Crippen LogP contribution in [0.4, 0.5) is 5.69 Å². The van der Waals surface area contributed by atoms with E-state index in [1.165, 1.54) is 5.56 Å². The molecule has 4 atom stereocenters. The van der Waals surface area contributed by atoms with Gasteiger partial charge in [-0.3, -0.25) is 4.79 Å².